The van der Waals surface area contributed by atoms with E-state index in [1.807, 2.05) is 32.0 Å². The lowest BCUT2D eigenvalue weighted by Crippen LogP contribution is -2.14. The van der Waals surface area contributed by atoms with Crippen LogP contribution in [0.2, 0.25) is 0 Å². The number of amides is 1. The van der Waals surface area contributed by atoms with Crippen molar-refractivity contribution in [2.75, 3.05) is 5.32 Å². The predicted molar refractivity (Wildman–Crippen MR) is 118 cm³/mol. The Morgan fingerprint density at radius 2 is 1.53 bits per heavy atom. The van der Waals surface area contributed by atoms with Crippen molar-refractivity contribution in [3.05, 3.63) is 107 Å². The zero-order valence-electron chi connectivity index (χ0n) is 17.6. The normalized spacial score (nSPS) is 10.8. The zero-order valence-corrected chi connectivity index (χ0v) is 17.6. The number of benzene rings is 3. The minimum Gasteiger partial charge on any atom is -0.485 e. The number of halogens is 2. The van der Waals surface area contributed by atoms with Crippen LogP contribution in [0.25, 0.3) is 5.69 Å². The average Bonchev–Trinajstić information content (AvgIpc) is 3.17. The maximum absolute atomic E-state index is 13.3. The molecule has 32 heavy (non-hydrogen) atoms. The summed E-state index contributed by atoms with van der Waals surface area (Å²) in [5.41, 5.74) is 4.07. The Bertz CT molecular complexity index is 1230. The van der Waals surface area contributed by atoms with Crippen molar-refractivity contribution >= 4 is 11.6 Å². The minimum absolute atomic E-state index is 0.0793. The van der Waals surface area contributed by atoms with E-state index in [1.54, 1.807) is 30.5 Å². The molecule has 0 unspecified atom stereocenters. The van der Waals surface area contributed by atoms with Gasteiger partial charge in [0.05, 0.1) is 11.9 Å². The van der Waals surface area contributed by atoms with Gasteiger partial charge in [0.1, 0.15) is 18.2 Å². The molecule has 0 atom stereocenters. The Morgan fingerprint density at radius 1 is 0.938 bits per heavy atom. The Morgan fingerprint density at radius 3 is 2.16 bits per heavy atom. The van der Waals surface area contributed by atoms with Crippen LogP contribution in [0.5, 0.6) is 5.75 Å². The molecule has 1 amide bonds. The van der Waals surface area contributed by atoms with Gasteiger partial charge in [0.25, 0.3) is 5.91 Å². The highest BCUT2D eigenvalue weighted by molar-refractivity contribution is 6.04. The van der Waals surface area contributed by atoms with E-state index in [0.29, 0.717) is 11.4 Å². The smallest absolute Gasteiger partial charge is 0.280 e. The first-order valence-electron chi connectivity index (χ1n) is 10.00. The fourth-order valence-electron chi connectivity index (χ4n) is 3.33. The first-order valence-corrected chi connectivity index (χ1v) is 10.00. The minimum atomic E-state index is -0.440. The van der Waals surface area contributed by atoms with Crippen LogP contribution in [0.3, 0.4) is 0 Å². The van der Waals surface area contributed by atoms with E-state index in [1.165, 1.54) is 28.9 Å². The van der Waals surface area contributed by atoms with Gasteiger partial charge in [0, 0.05) is 5.69 Å². The Kier molecular flexibility index (Phi) is 5.98. The maximum Gasteiger partial charge on any atom is 0.280 e. The summed E-state index contributed by atoms with van der Waals surface area (Å²) in [7, 11) is 0. The molecule has 1 heterocycles. The summed E-state index contributed by atoms with van der Waals surface area (Å²) in [6.07, 6.45) is 1.56. The van der Waals surface area contributed by atoms with Gasteiger partial charge in [0.2, 0.25) is 0 Å². The molecule has 0 aliphatic rings. The molecule has 0 saturated carbocycles. The van der Waals surface area contributed by atoms with E-state index in [0.717, 1.165) is 16.7 Å². The number of aromatic nitrogens is 2. The number of nitrogens with one attached hydrogen (secondary N) is 1. The van der Waals surface area contributed by atoms with Gasteiger partial charge >= 0.3 is 0 Å². The van der Waals surface area contributed by atoms with Crippen LogP contribution in [0.15, 0.2) is 72.9 Å². The average molecular weight is 433 g/mol. The van der Waals surface area contributed by atoms with Crippen molar-refractivity contribution in [1.82, 2.24) is 9.78 Å². The van der Waals surface area contributed by atoms with Crippen LogP contribution >= 0.6 is 0 Å². The molecule has 4 rings (SSSR count). The number of carbonyl (C=O) groups excluding carboxylic acids is 1. The molecule has 162 valence electrons. The third-order valence-electron chi connectivity index (χ3n) is 4.77. The van der Waals surface area contributed by atoms with Crippen LogP contribution in [0, 0.1) is 25.5 Å². The second-order valence-electron chi connectivity index (χ2n) is 7.51. The van der Waals surface area contributed by atoms with Gasteiger partial charge in [0.15, 0.2) is 11.4 Å². The van der Waals surface area contributed by atoms with Gasteiger partial charge in [-0.05, 0) is 79.1 Å². The molecule has 5 nitrogen and oxygen atoms in total. The quantitative estimate of drug-likeness (QED) is 0.431. The number of carbonyl (C=O) groups is 1. The Labute approximate surface area is 184 Å². The number of aryl methyl sites for hydroxylation is 2. The van der Waals surface area contributed by atoms with E-state index >= 15 is 0 Å². The molecule has 0 radical (unpaired) electrons. The lowest BCUT2D eigenvalue weighted by atomic mass is 10.1. The van der Waals surface area contributed by atoms with E-state index < -0.39 is 5.91 Å². The second kappa shape index (κ2) is 9.01. The van der Waals surface area contributed by atoms with Crippen molar-refractivity contribution < 1.29 is 18.3 Å². The third kappa shape index (κ3) is 5.00. The molecule has 0 saturated heterocycles. The lowest BCUT2D eigenvalue weighted by Gasteiger charge is -2.08. The lowest BCUT2D eigenvalue weighted by molar-refractivity contribution is 0.101. The van der Waals surface area contributed by atoms with Gasteiger partial charge in [-0.2, -0.15) is 5.10 Å². The van der Waals surface area contributed by atoms with Crippen LogP contribution in [0.4, 0.5) is 14.5 Å². The topological polar surface area (TPSA) is 56.2 Å². The van der Waals surface area contributed by atoms with Crippen molar-refractivity contribution in [1.29, 1.82) is 0 Å². The molecule has 1 aromatic heterocycles. The van der Waals surface area contributed by atoms with Gasteiger partial charge in [-0.15, -0.1) is 0 Å². The molecule has 1 N–H and O–H groups in total. The largest absolute Gasteiger partial charge is 0.485 e. The standard InChI is InChI=1S/C25H21F2N3O2/c1-16-11-17(2)13-21(12-16)28-25(31)24-23(32-15-18-3-5-19(26)6-4-18)14-30(29-24)22-9-7-20(27)8-10-22/h3-14H,15H2,1-2H3,(H,28,31). The number of hydrogen-bond donors (Lipinski definition) is 1. The van der Waals surface area contributed by atoms with E-state index in [-0.39, 0.29) is 29.7 Å². The summed E-state index contributed by atoms with van der Waals surface area (Å²) in [6, 6.07) is 17.4. The van der Waals surface area contributed by atoms with Crippen molar-refractivity contribution in [3.8, 4) is 11.4 Å². The number of anilines is 1. The fourth-order valence-corrected chi connectivity index (χ4v) is 3.33. The van der Waals surface area contributed by atoms with Gasteiger partial charge < -0.3 is 10.1 Å². The van der Waals surface area contributed by atoms with Crippen LogP contribution in [-0.4, -0.2) is 15.7 Å². The molecule has 0 bridgehead atoms. The van der Waals surface area contributed by atoms with Gasteiger partial charge in [-0.3, -0.25) is 4.79 Å². The van der Waals surface area contributed by atoms with Crippen molar-refractivity contribution in [2.24, 2.45) is 0 Å². The fraction of sp³-hybridized carbons (Fsp3) is 0.120. The molecular formula is C25H21F2N3O2. The Hall–Kier alpha value is -4.00. The first kappa shape index (κ1) is 21.2. The molecule has 3 aromatic carbocycles. The third-order valence-corrected chi connectivity index (χ3v) is 4.77. The summed E-state index contributed by atoms with van der Waals surface area (Å²) >= 11 is 0. The Balaban J connectivity index is 1.63. The summed E-state index contributed by atoms with van der Waals surface area (Å²) in [5.74, 6) is -0.904. The second-order valence-corrected chi connectivity index (χ2v) is 7.51. The maximum atomic E-state index is 13.3. The van der Waals surface area contributed by atoms with Crippen LogP contribution in [-0.2, 0) is 6.61 Å². The van der Waals surface area contributed by atoms with E-state index in [9.17, 15) is 13.6 Å². The summed E-state index contributed by atoms with van der Waals surface area (Å²) in [5, 5.41) is 7.23. The SMILES string of the molecule is Cc1cc(C)cc(NC(=O)c2nn(-c3ccc(F)cc3)cc2OCc2ccc(F)cc2)c1. The summed E-state index contributed by atoms with van der Waals surface area (Å²) in [4.78, 5) is 13.0. The number of hydrogen-bond acceptors (Lipinski definition) is 3. The number of ether oxygens (including phenoxy) is 1. The molecule has 4 aromatic rings. The van der Waals surface area contributed by atoms with E-state index in [4.69, 9.17) is 4.74 Å². The van der Waals surface area contributed by atoms with Crippen LogP contribution < -0.4 is 10.1 Å². The zero-order chi connectivity index (χ0) is 22.7. The molecule has 0 aliphatic carbocycles. The predicted octanol–water partition coefficient (Wildman–Crippen LogP) is 5.60. The van der Waals surface area contributed by atoms with E-state index in [2.05, 4.69) is 10.4 Å². The molecule has 0 fully saturated rings. The highest BCUT2D eigenvalue weighted by atomic mass is 19.1. The molecule has 0 aliphatic heterocycles. The monoisotopic (exact) mass is 433 g/mol. The van der Waals surface area contributed by atoms with Crippen LogP contribution in [0.1, 0.15) is 27.2 Å². The highest BCUT2D eigenvalue weighted by Crippen LogP contribution is 2.23. The number of rotatable bonds is 6. The molecule has 7 heteroatoms. The summed E-state index contributed by atoms with van der Waals surface area (Å²) < 4.78 is 33.8. The molecule has 0 spiro atoms. The summed E-state index contributed by atoms with van der Waals surface area (Å²) in [6.45, 7) is 4.02. The first-order chi connectivity index (χ1) is 15.4. The van der Waals surface area contributed by atoms with Crippen molar-refractivity contribution in [2.45, 2.75) is 20.5 Å². The van der Waals surface area contributed by atoms with Crippen molar-refractivity contribution in [3.63, 3.8) is 0 Å². The van der Waals surface area contributed by atoms with Gasteiger partial charge in [-0.25, -0.2) is 13.5 Å². The highest BCUT2D eigenvalue weighted by Gasteiger charge is 2.20. The molecular weight excluding hydrogens is 412 g/mol. The van der Waals surface area contributed by atoms with Gasteiger partial charge in [-0.1, -0.05) is 18.2 Å². The number of nitrogens with zero attached hydrogens (tertiary/aromatic N) is 2.